The van der Waals surface area contributed by atoms with E-state index in [0.29, 0.717) is 33.2 Å². The summed E-state index contributed by atoms with van der Waals surface area (Å²) in [6.07, 6.45) is 1.78. The van der Waals surface area contributed by atoms with Crippen LogP contribution in [0, 0.1) is 6.92 Å². The van der Waals surface area contributed by atoms with E-state index in [4.69, 9.17) is 21.1 Å². The Bertz CT molecular complexity index is 1130. The fourth-order valence-electron chi connectivity index (χ4n) is 3.13. The number of hydrogen-bond acceptors (Lipinski definition) is 4. The summed E-state index contributed by atoms with van der Waals surface area (Å²) in [5, 5.41) is 0.527. The summed E-state index contributed by atoms with van der Waals surface area (Å²) >= 11 is 6.17. The fourth-order valence-corrected chi connectivity index (χ4v) is 3.32. The number of carbonyl (C=O) groups is 2. The van der Waals surface area contributed by atoms with E-state index in [9.17, 15) is 9.59 Å². The predicted octanol–water partition coefficient (Wildman–Crippen LogP) is 5.41. The van der Waals surface area contributed by atoms with E-state index < -0.39 is 0 Å². The quantitative estimate of drug-likeness (QED) is 0.331. The van der Waals surface area contributed by atoms with Crippen molar-refractivity contribution in [1.29, 1.82) is 0 Å². The van der Waals surface area contributed by atoms with Crippen molar-refractivity contribution >= 4 is 29.4 Å². The minimum absolute atomic E-state index is 0.162. The average molecular weight is 405 g/mol. The van der Waals surface area contributed by atoms with Crippen LogP contribution < -0.4 is 9.47 Å². The maximum atomic E-state index is 12.7. The number of esters is 1. The standard InChI is InChI=1S/C24H17ClO4/c1-15-20(28-22(26)13-16-7-3-2-4-8-16)12-11-18-23(27)21(29-24(15)18)14-17-9-5-6-10-19(17)25/h2-12,14H,13H2,1H3/b21-14-. The number of hydrogen-bond donors (Lipinski definition) is 0. The first-order chi connectivity index (χ1) is 14.0. The molecule has 5 heteroatoms. The molecule has 0 fully saturated rings. The Morgan fingerprint density at radius 3 is 2.52 bits per heavy atom. The van der Waals surface area contributed by atoms with Gasteiger partial charge in [0, 0.05) is 10.6 Å². The number of ether oxygens (including phenoxy) is 2. The second-order valence-electron chi connectivity index (χ2n) is 6.66. The summed E-state index contributed by atoms with van der Waals surface area (Å²) in [5.74, 6) is 0.347. The molecule has 0 bridgehead atoms. The third kappa shape index (κ3) is 3.93. The summed E-state index contributed by atoms with van der Waals surface area (Å²) in [6, 6.07) is 19.8. The summed E-state index contributed by atoms with van der Waals surface area (Å²) < 4.78 is 11.3. The van der Waals surface area contributed by atoms with Crippen LogP contribution in [0.5, 0.6) is 11.5 Å². The van der Waals surface area contributed by atoms with Crippen molar-refractivity contribution < 1.29 is 19.1 Å². The van der Waals surface area contributed by atoms with Crippen molar-refractivity contribution in [2.75, 3.05) is 0 Å². The van der Waals surface area contributed by atoms with Gasteiger partial charge in [-0.05, 0) is 42.3 Å². The Labute approximate surface area is 173 Å². The SMILES string of the molecule is Cc1c(OC(=O)Cc2ccccc2)ccc2c1O/C(=C\c1ccccc1Cl)C2=O. The van der Waals surface area contributed by atoms with Gasteiger partial charge < -0.3 is 9.47 Å². The van der Waals surface area contributed by atoms with Crippen LogP contribution in [0.3, 0.4) is 0 Å². The first-order valence-corrected chi connectivity index (χ1v) is 9.47. The van der Waals surface area contributed by atoms with Gasteiger partial charge in [-0.15, -0.1) is 0 Å². The zero-order chi connectivity index (χ0) is 20.4. The molecule has 144 valence electrons. The van der Waals surface area contributed by atoms with E-state index in [1.165, 1.54) is 0 Å². The molecule has 0 spiro atoms. The molecule has 0 aliphatic carbocycles. The fraction of sp³-hybridized carbons (Fsp3) is 0.0833. The lowest BCUT2D eigenvalue weighted by atomic mass is 10.1. The molecule has 0 saturated heterocycles. The molecule has 0 aromatic heterocycles. The maximum Gasteiger partial charge on any atom is 0.315 e. The molecule has 1 aliphatic heterocycles. The molecule has 0 N–H and O–H groups in total. The van der Waals surface area contributed by atoms with Crippen LogP contribution in [-0.4, -0.2) is 11.8 Å². The van der Waals surface area contributed by atoms with Gasteiger partial charge in [0.25, 0.3) is 0 Å². The highest BCUT2D eigenvalue weighted by atomic mass is 35.5. The Balaban J connectivity index is 1.57. The molecule has 1 heterocycles. The summed E-state index contributed by atoms with van der Waals surface area (Å²) in [6.45, 7) is 1.76. The summed E-state index contributed by atoms with van der Waals surface area (Å²) in [5.41, 5.74) is 2.59. The third-order valence-corrected chi connectivity index (χ3v) is 4.99. The van der Waals surface area contributed by atoms with Gasteiger partial charge in [0.05, 0.1) is 12.0 Å². The molecule has 3 aromatic rings. The van der Waals surface area contributed by atoms with Gasteiger partial charge in [0.2, 0.25) is 5.78 Å². The minimum Gasteiger partial charge on any atom is -0.452 e. The number of rotatable bonds is 4. The van der Waals surface area contributed by atoms with Gasteiger partial charge in [0.15, 0.2) is 5.76 Å². The molecule has 0 unspecified atom stereocenters. The number of carbonyl (C=O) groups excluding carboxylic acids is 2. The van der Waals surface area contributed by atoms with E-state index >= 15 is 0 Å². The monoisotopic (exact) mass is 404 g/mol. The van der Waals surface area contributed by atoms with E-state index in [2.05, 4.69) is 0 Å². The van der Waals surface area contributed by atoms with Gasteiger partial charge in [-0.3, -0.25) is 9.59 Å². The lowest BCUT2D eigenvalue weighted by molar-refractivity contribution is -0.133. The average Bonchev–Trinajstić information content (AvgIpc) is 3.03. The van der Waals surface area contributed by atoms with Crippen LogP contribution in [0.1, 0.15) is 27.0 Å². The molecule has 0 radical (unpaired) electrons. The smallest absolute Gasteiger partial charge is 0.315 e. The second kappa shape index (κ2) is 7.94. The lowest BCUT2D eigenvalue weighted by Crippen LogP contribution is -2.12. The Kier molecular flexibility index (Phi) is 5.19. The Morgan fingerprint density at radius 1 is 1.03 bits per heavy atom. The first kappa shape index (κ1) is 19.0. The van der Waals surface area contributed by atoms with Crippen molar-refractivity contribution in [3.63, 3.8) is 0 Å². The van der Waals surface area contributed by atoms with Crippen LogP contribution in [0.4, 0.5) is 0 Å². The molecule has 29 heavy (non-hydrogen) atoms. The highest BCUT2D eigenvalue weighted by Gasteiger charge is 2.30. The third-order valence-electron chi connectivity index (χ3n) is 4.64. The van der Waals surface area contributed by atoms with Gasteiger partial charge in [-0.1, -0.05) is 60.1 Å². The van der Waals surface area contributed by atoms with Gasteiger partial charge in [0.1, 0.15) is 11.5 Å². The van der Waals surface area contributed by atoms with Crippen molar-refractivity contribution in [3.8, 4) is 11.5 Å². The van der Waals surface area contributed by atoms with E-state index in [0.717, 1.165) is 5.56 Å². The highest BCUT2D eigenvalue weighted by molar-refractivity contribution is 6.32. The lowest BCUT2D eigenvalue weighted by Gasteiger charge is -2.10. The number of benzene rings is 3. The van der Waals surface area contributed by atoms with Crippen molar-refractivity contribution in [1.82, 2.24) is 0 Å². The summed E-state index contributed by atoms with van der Waals surface area (Å²) in [7, 11) is 0. The number of halogens is 1. The summed E-state index contributed by atoms with van der Waals surface area (Å²) in [4.78, 5) is 25.0. The molecule has 3 aromatic carbocycles. The predicted molar refractivity (Wildman–Crippen MR) is 111 cm³/mol. The Hall–Kier alpha value is -3.37. The zero-order valence-electron chi connectivity index (χ0n) is 15.6. The second-order valence-corrected chi connectivity index (χ2v) is 7.07. The van der Waals surface area contributed by atoms with Crippen LogP contribution >= 0.6 is 11.6 Å². The molecule has 0 atom stereocenters. The van der Waals surface area contributed by atoms with Gasteiger partial charge in [-0.2, -0.15) is 0 Å². The number of Topliss-reactive ketones (excluding diaryl/α,β-unsaturated/α-hetero) is 1. The van der Waals surface area contributed by atoms with Crippen LogP contribution in [0.15, 0.2) is 72.5 Å². The zero-order valence-corrected chi connectivity index (χ0v) is 16.4. The van der Waals surface area contributed by atoms with Gasteiger partial charge in [-0.25, -0.2) is 0 Å². The maximum absolute atomic E-state index is 12.7. The van der Waals surface area contributed by atoms with E-state index in [1.807, 2.05) is 42.5 Å². The molecule has 4 nitrogen and oxygen atoms in total. The van der Waals surface area contributed by atoms with Gasteiger partial charge >= 0.3 is 5.97 Å². The molecule has 1 aliphatic rings. The van der Waals surface area contributed by atoms with Crippen LogP contribution in [0.2, 0.25) is 5.02 Å². The van der Waals surface area contributed by atoms with Crippen molar-refractivity contribution in [2.45, 2.75) is 13.3 Å². The molecular formula is C24H17ClO4. The van der Waals surface area contributed by atoms with Crippen LogP contribution in [0.25, 0.3) is 6.08 Å². The molecule has 0 saturated carbocycles. The number of allylic oxidation sites excluding steroid dienone is 1. The van der Waals surface area contributed by atoms with Crippen LogP contribution in [-0.2, 0) is 11.2 Å². The molecule has 0 amide bonds. The highest BCUT2D eigenvalue weighted by Crippen LogP contribution is 2.39. The largest absolute Gasteiger partial charge is 0.452 e. The number of ketones is 1. The van der Waals surface area contributed by atoms with Crippen molar-refractivity contribution in [3.05, 3.63) is 99.8 Å². The molecular weight excluding hydrogens is 388 g/mol. The molecule has 4 rings (SSSR count). The normalized spacial score (nSPS) is 13.9. The van der Waals surface area contributed by atoms with E-state index in [-0.39, 0.29) is 23.9 Å². The Morgan fingerprint density at radius 2 is 1.76 bits per heavy atom. The van der Waals surface area contributed by atoms with E-state index in [1.54, 1.807) is 37.3 Å². The first-order valence-electron chi connectivity index (χ1n) is 9.10. The topological polar surface area (TPSA) is 52.6 Å². The minimum atomic E-state index is -0.379. The van der Waals surface area contributed by atoms with Crippen molar-refractivity contribution in [2.24, 2.45) is 0 Å². The number of fused-ring (bicyclic) bond motifs is 1.